The summed E-state index contributed by atoms with van der Waals surface area (Å²) in [6.07, 6.45) is 16.6. The molecule has 4 rings (SSSR count). The highest BCUT2D eigenvalue weighted by Crippen LogP contribution is 2.68. The zero-order chi connectivity index (χ0) is 21.5. The maximum Gasteiger partial charge on any atom is 0.293 e. The topological polar surface area (TPSA) is 26.3 Å². The van der Waals surface area contributed by atoms with Crippen molar-refractivity contribution in [2.24, 2.45) is 52.3 Å². The van der Waals surface area contributed by atoms with Crippen molar-refractivity contribution in [1.82, 2.24) is 0 Å². The molecule has 2 heteroatoms. The van der Waals surface area contributed by atoms with Gasteiger partial charge in [0.25, 0.3) is 6.47 Å². The number of fused-ring (bicyclic) bond motifs is 5. The molecule has 4 fully saturated rings. The highest BCUT2D eigenvalue weighted by Gasteiger charge is 2.62. The predicted molar refractivity (Wildman–Crippen MR) is 124 cm³/mol. The molecule has 9 unspecified atom stereocenters. The second kappa shape index (κ2) is 8.78. The first-order valence-electron chi connectivity index (χ1n) is 13.4. The Morgan fingerprint density at radius 3 is 2.40 bits per heavy atom. The van der Waals surface area contributed by atoms with Gasteiger partial charge in [0.15, 0.2) is 0 Å². The SMILES string of the molecule is CC(C)CCCC(C)C1CCC2C3CC(OC=O)C4CCCCC4(C)C3CCC12C. The minimum atomic E-state index is 0.180. The molecule has 0 aliphatic heterocycles. The van der Waals surface area contributed by atoms with Gasteiger partial charge in [0.2, 0.25) is 0 Å². The molecule has 4 aliphatic carbocycles. The monoisotopic (exact) mass is 416 g/mol. The Balaban J connectivity index is 1.53. The molecule has 0 aromatic rings. The molecular weight excluding hydrogens is 368 g/mol. The van der Waals surface area contributed by atoms with Crippen LogP contribution >= 0.6 is 0 Å². The lowest BCUT2D eigenvalue weighted by atomic mass is 9.44. The van der Waals surface area contributed by atoms with Crippen molar-refractivity contribution in [2.75, 3.05) is 0 Å². The van der Waals surface area contributed by atoms with Crippen LogP contribution in [0.5, 0.6) is 0 Å². The molecule has 0 bridgehead atoms. The van der Waals surface area contributed by atoms with Crippen LogP contribution in [-0.2, 0) is 9.53 Å². The minimum absolute atomic E-state index is 0.180. The average molecular weight is 417 g/mol. The van der Waals surface area contributed by atoms with Crippen molar-refractivity contribution in [2.45, 2.75) is 118 Å². The molecule has 4 saturated carbocycles. The number of ether oxygens (including phenoxy) is 1. The molecule has 0 spiro atoms. The normalized spacial score (nSPS) is 46.6. The molecule has 0 aromatic heterocycles. The molecule has 0 radical (unpaired) electrons. The summed E-state index contributed by atoms with van der Waals surface area (Å²) in [4.78, 5) is 11.4. The van der Waals surface area contributed by atoms with Crippen molar-refractivity contribution < 1.29 is 9.53 Å². The van der Waals surface area contributed by atoms with E-state index in [1.54, 1.807) is 0 Å². The maximum atomic E-state index is 11.4. The second-order valence-corrected chi connectivity index (χ2v) is 12.8. The second-order valence-electron chi connectivity index (χ2n) is 12.8. The van der Waals surface area contributed by atoms with Crippen molar-refractivity contribution in [1.29, 1.82) is 0 Å². The van der Waals surface area contributed by atoms with Crippen LogP contribution in [0.3, 0.4) is 0 Å². The van der Waals surface area contributed by atoms with Crippen molar-refractivity contribution in [3.63, 3.8) is 0 Å². The first-order chi connectivity index (χ1) is 14.3. The van der Waals surface area contributed by atoms with Crippen LogP contribution in [0, 0.1) is 52.3 Å². The number of carbonyl (C=O) groups excluding carboxylic acids is 1. The Morgan fingerprint density at radius 1 is 0.900 bits per heavy atom. The molecule has 0 amide bonds. The third-order valence-electron chi connectivity index (χ3n) is 11.0. The van der Waals surface area contributed by atoms with E-state index in [0.29, 0.717) is 16.7 Å². The summed E-state index contributed by atoms with van der Waals surface area (Å²) in [5.74, 6) is 5.70. The molecule has 0 saturated heterocycles. The summed E-state index contributed by atoms with van der Waals surface area (Å²) in [6, 6.07) is 0. The fourth-order valence-electron chi connectivity index (χ4n) is 9.57. The third kappa shape index (κ3) is 3.77. The molecule has 30 heavy (non-hydrogen) atoms. The summed E-state index contributed by atoms with van der Waals surface area (Å²) < 4.78 is 5.82. The molecule has 0 aromatic carbocycles. The summed E-state index contributed by atoms with van der Waals surface area (Å²) in [6.45, 7) is 13.3. The van der Waals surface area contributed by atoms with Crippen LogP contribution in [0.4, 0.5) is 0 Å². The fraction of sp³-hybridized carbons (Fsp3) is 0.964. The van der Waals surface area contributed by atoms with E-state index in [2.05, 4.69) is 34.6 Å². The van der Waals surface area contributed by atoms with Crippen molar-refractivity contribution >= 4 is 6.47 Å². The van der Waals surface area contributed by atoms with Crippen LogP contribution in [0.25, 0.3) is 0 Å². The van der Waals surface area contributed by atoms with E-state index in [4.69, 9.17) is 4.74 Å². The van der Waals surface area contributed by atoms with Crippen LogP contribution in [0.15, 0.2) is 0 Å². The fourth-order valence-corrected chi connectivity index (χ4v) is 9.57. The lowest BCUT2D eigenvalue weighted by Crippen LogP contribution is -2.57. The number of hydrogen-bond acceptors (Lipinski definition) is 2. The smallest absolute Gasteiger partial charge is 0.293 e. The predicted octanol–water partition coefficient (Wildman–Crippen LogP) is 7.65. The van der Waals surface area contributed by atoms with Crippen LogP contribution in [0.1, 0.15) is 112 Å². The van der Waals surface area contributed by atoms with E-state index < -0.39 is 0 Å². The van der Waals surface area contributed by atoms with Gasteiger partial charge in [-0.25, -0.2) is 0 Å². The van der Waals surface area contributed by atoms with Gasteiger partial charge in [-0.3, -0.25) is 4.79 Å². The quantitative estimate of drug-likeness (QED) is 0.398. The van der Waals surface area contributed by atoms with Crippen LogP contribution in [0.2, 0.25) is 0 Å². The first-order valence-corrected chi connectivity index (χ1v) is 13.4. The lowest BCUT2D eigenvalue weighted by molar-refractivity contribution is -0.177. The Labute approximate surface area is 186 Å². The van der Waals surface area contributed by atoms with E-state index >= 15 is 0 Å². The highest BCUT2D eigenvalue weighted by molar-refractivity contribution is 5.37. The van der Waals surface area contributed by atoms with E-state index in [9.17, 15) is 4.79 Å². The van der Waals surface area contributed by atoms with Gasteiger partial charge in [0, 0.05) is 5.92 Å². The Hall–Kier alpha value is -0.530. The van der Waals surface area contributed by atoms with Gasteiger partial charge in [-0.2, -0.15) is 0 Å². The Bertz CT molecular complexity index is 599. The minimum Gasteiger partial charge on any atom is -0.464 e. The van der Waals surface area contributed by atoms with Crippen LogP contribution < -0.4 is 0 Å². The molecular formula is C28H48O2. The van der Waals surface area contributed by atoms with Gasteiger partial charge in [-0.15, -0.1) is 0 Å². The van der Waals surface area contributed by atoms with E-state index in [1.807, 2.05) is 0 Å². The molecule has 9 atom stereocenters. The van der Waals surface area contributed by atoms with Gasteiger partial charge in [0.1, 0.15) is 6.10 Å². The molecule has 172 valence electrons. The molecule has 4 aliphatic rings. The van der Waals surface area contributed by atoms with Gasteiger partial charge in [-0.1, -0.05) is 66.7 Å². The first kappa shape index (κ1) is 22.7. The van der Waals surface area contributed by atoms with E-state index in [0.717, 1.165) is 48.4 Å². The molecule has 0 heterocycles. The summed E-state index contributed by atoms with van der Waals surface area (Å²) in [5.41, 5.74) is 0.916. The lowest BCUT2D eigenvalue weighted by Gasteiger charge is -2.62. The zero-order valence-electron chi connectivity index (χ0n) is 20.5. The van der Waals surface area contributed by atoms with Gasteiger partial charge in [-0.05, 0) is 91.3 Å². The Kier molecular flexibility index (Phi) is 6.63. The number of hydrogen-bond donors (Lipinski definition) is 0. The average Bonchev–Trinajstić information content (AvgIpc) is 3.05. The number of rotatable bonds is 7. The van der Waals surface area contributed by atoms with Gasteiger partial charge in [0.05, 0.1) is 0 Å². The standard InChI is InChI=1S/C28H48O2/c1-19(2)9-8-10-20(3)22-12-13-23-21-17-26(30-18-29)25-11-6-7-15-27(25,4)24(21)14-16-28(22,23)5/h18-26H,6-17H2,1-5H3. The maximum absolute atomic E-state index is 11.4. The van der Waals surface area contributed by atoms with Crippen molar-refractivity contribution in [3.05, 3.63) is 0 Å². The van der Waals surface area contributed by atoms with Crippen molar-refractivity contribution in [3.8, 4) is 0 Å². The summed E-state index contributed by atoms with van der Waals surface area (Å²) in [7, 11) is 0. The number of carbonyl (C=O) groups is 1. The van der Waals surface area contributed by atoms with E-state index in [-0.39, 0.29) is 6.10 Å². The Morgan fingerprint density at radius 2 is 1.67 bits per heavy atom. The van der Waals surface area contributed by atoms with Gasteiger partial charge >= 0.3 is 0 Å². The molecule has 2 nitrogen and oxygen atoms in total. The summed E-state index contributed by atoms with van der Waals surface area (Å²) >= 11 is 0. The zero-order valence-corrected chi connectivity index (χ0v) is 20.5. The summed E-state index contributed by atoms with van der Waals surface area (Å²) in [5, 5.41) is 0. The van der Waals surface area contributed by atoms with E-state index in [1.165, 1.54) is 70.6 Å². The highest BCUT2D eigenvalue weighted by atomic mass is 16.5. The van der Waals surface area contributed by atoms with Crippen LogP contribution in [-0.4, -0.2) is 12.6 Å². The largest absolute Gasteiger partial charge is 0.464 e. The van der Waals surface area contributed by atoms with Gasteiger partial charge < -0.3 is 4.74 Å². The molecule has 0 N–H and O–H groups in total. The third-order valence-corrected chi connectivity index (χ3v) is 11.0.